The zero-order chi connectivity index (χ0) is 47.9. The van der Waals surface area contributed by atoms with E-state index in [0.29, 0.717) is 5.92 Å². The summed E-state index contributed by atoms with van der Waals surface area (Å²) in [5.41, 5.74) is 19.2. The van der Waals surface area contributed by atoms with Gasteiger partial charge in [0.2, 0.25) is 0 Å². The first kappa shape index (κ1) is 45.1. The molecule has 1 heterocycles. The number of rotatable bonds is 16. The third kappa shape index (κ3) is 9.78. The van der Waals surface area contributed by atoms with Gasteiger partial charge in [-0.3, -0.25) is 0 Å². The number of unbranched alkanes of at least 4 members (excludes halogenated alkanes) is 1. The third-order valence-electron chi connectivity index (χ3n) is 14.2. The molecule has 0 aliphatic rings. The van der Waals surface area contributed by atoms with Gasteiger partial charge >= 0.3 is 0 Å². The van der Waals surface area contributed by atoms with E-state index in [1.54, 1.807) is 0 Å². The van der Waals surface area contributed by atoms with E-state index >= 15 is 0 Å². The van der Waals surface area contributed by atoms with Crippen molar-refractivity contribution in [2.45, 2.75) is 45.4 Å². The number of para-hydroxylation sites is 1. The van der Waals surface area contributed by atoms with E-state index in [9.17, 15) is 0 Å². The number of aromatic nitrogens is 1. The van der Waals surface area contributed by atoms with Crippen LogP contribution < -0.4 is 9.64 Å². The molecule has 0 aliphatic heterocycles. The zero-order valence-electron chi connectivity index (χ0n) is 40.6. The van der Waals surface area contributed by atoms with Crippen molar-refractivity contribution in [3.8, 4) is 55.9 Å². The van der Waals surface area contributed by atoms with Gasteiger partial charge in [-0.1, -0.05) is 178 Å². The van der Waals surface area contributed by atoms with Crippen molar-refractivity contribution in [1.29, 1.82) is 0 Å². The smallest absolute Gasteiger partial charge is 0.119 e. The van der Waals surface area contributed by atoms with E-state index in [2.05, 4.69) is 272 Å². The summed E-state index contributed by atoms with van der Waals surface area (Å²) in [6.45, 7) is 5.24. The average Bonchev–Trinajstić information content (AvgIpc) is 3.77. The number of hydrogen-bond acceptors (Lipinski definition) is 2. The minimum absolute atomic E-state index is 0.579. The predicted molar refractivity (Wildman–Crippen MR) is 301 cm³/mol. The van der Waals surface area contributed by atoms with Crippen molar-refractivity contribution < 1.29 is 4.74 Å². The molecule has 0 amide bonds. The molecule has 11 rings (SSSR count). The van der Waals surface area contributed by atoms with Gasteiger partial charge in [0.05, 0.1) is 17.6 Å². The molecular formula is C68H58N2O. The number of aryl methyl sites for hydroxylation is 1. The van der Waals surface area contributed by atoms with Crippen molar-refractivity contribution in [2.75, 3.05) is 11.5 Å². The first-order valence-electron chi connectivity index (χ1n) is 25.2. The standard InChI is InChI=1S/C68H58N2O/c1-3-49(2)51-32-42-64(43-33-51)71-46-14-13-15-50-22-24-56(25-23-50)58-34-44-67-65(47-58)66-48-59(35-45-68(66)70(67)60-20-11-6-12-21-60)57-30-40-63(41-31-57)69(61-36-26-54(27-37-61)52-16-7-4-8-17-52)62-38-28-55(29-39-62)53-18-9-5-10-19-53/h4-12,16-45,47-49H,3,13-15,46H2,1-2H3. The summed E-state index contributed by atoms with van der Waals surface area (Å²) in [6, 6.07) is 90.4. The van der Waals surface area contributed by atoms with Gasteiger partial charge in [-0.05, 0) is 172 Å². The summed E-state index contributed by atoms with van der Waals surface area (Å²) in [4.78, 5) is 2.35. The summed E-state index contributed by atoms with van der Waals surface area (Å²) < 4.78 is 8.49. The van der Waals surface area contributed by atoms with Gasteiger partial charge in [0.1, 0.15) is 5.75 Å². The van der Waals surface area contributed by atoms with Gasteiger partial charge in [-0.25, -0.2) is 0 Å². The van der Waals surface area contributed by atoms with Crippen LogP contribution in [0, 0.1) is 0 Å². The first-order chi connectivity index (χ1) is 35.1. The van der Waals surface area contributed by atoms with Crippen LogP contribution in [0.25, 0.3) is 72.0 Å². The molecule has 0 aliphatic carbocycles. The van der Waals surface area contributed by atoms with E-state index in [4.69, 9.17) is 4.74 Å². The Labute approximate surface area is 418 Å². The summed E-state index contributed by atoms with van der Waals surface area (Å²) in [5.74, 6) is 1.54. The van der Waals surface area contributed by atoms with Gasteiger partial charge in [-0.15, -0.1) is 0 Å². The second kappa shape index (κ2) is 20.7. The molecule has 346 valence electrons. The molecule has 0 bridgehead atoms. The van der Waals surface area contributed by atoms with Crippen molar-refractivity contribution in [3.63, 3.8) is 0 Å². The van der Waals surface area contributed by atoms with Crippen molar-refractivity contribution in [2.24, 2.45) is 0 Å². The minimum atomic E-state index is 0.579. The van der Waals surface area contributed by atoms with E-state index in [0.717, 1.165) is 60.8 Å². The van der Waals surface area contributed by atoms with Crippen LogP contribution in [0.3, 0.4) is 0 Å². The van der Waals surface area contributed by atoms with Gasteiger partial charge < -0.3 is 14.2 Å². The Balaban J connectivity index is 0.865. The van der Waals surface area contributed by atoms with Crippen LogP contribution >= 0.6 is 0 Å². The normalized spacial score (nSPS) is 11.7. The molecule has 10 aromatic carbocycles. The predicted octanol–water partition coefficient (Wildman–Crippen LogP) is 18.8. The Morgan fingerprint density at radius 2 is 0.817 bits per heavy atom. The Kier molecular flexibility index (Phi) is 13.1. The molecule has 3 heteroatoms. The van der Waals surface area contributed by atoms with Gasteiger partial charge in [0, 0.05) is 33.5 Å². The van der Waals surface area contributed by atoms with Gasteiger partial charge in [-0.2, -0.15) is 0 Å². The minimum Gasteiger partial charge on any atom is -0.494 e. The number of benzene rings is 10. The van der Waals surface area contributed by atoms with Crippen LogP contribution in [0.4, 0.5) is 17.1 Å². The molecule has 0 saturated carbocycles. The van der Waals surface area contributed by atoms with Crippen LogP contribution in [0.2, 0.25) is 0 Å². The highest BCUT2D eigenvalue weighted by Gasteiger charge is 2.17. The molecule has 3 nitrogen and oxygen atoms in total. The van der Waals surface area contributed by atoms with E-state index in [1.807, 2.05) is 0 Å². The SMILES string of the molecule is CCC(C)c1ccc(OCCCCc2ccc(-c3ccc4c(c3)c3cc(-c5ccc(N(c6ccc(-c7ccccc7)cc6)c6ccc(-c7ccccc7)cc6)cc5)ccc3n4-c3ccccc3)cc2)cc1. The number of hydrogen-bond donors (Lipinski definition) is 0. The van der Waals surface area contributed by atoms with E-state index in [-0.39, 0.29) is 0 Å². The fraction of sp³-hybridized carbons (Fsp3) is 0.118. The second-order valence-corrected chi connectivity index (χ2v) is 18.7. The molecule has 0 radical (unpaired) electrons. The maximum absolute atomic E-state index is 6.09. The van der Waals surface area contributed by atoms with Crippen LogP contribution in [0.5, 0.6) is 5.75 Å². The van der Waals surface area contributed by atoms with Crippen LogP contribution in [-0.4, -0.2) is 11.2 Å². The second-order valence-electron chi connectivity index (χ2n) is 18.7. The zero-order valence-corrected chi connectivity index (χ0v) is 40.6. The average molecular weight is 919 g/mol. The van der Waals surface area contributed by atoms with E-state index in [1.165, 1.54) is 77.4 Å². The molecule has 0 fully saturated rings. The van der Waals surface area contributed by atoms with Crippen LogP contribution in [0.15, 0.2) is 249 Å². The number of anilines is 3. The Morgan fingerprint density at radius 1 is 0.408 bits per heavy atom. The lowest BCUT2D eigenvalue weighted by atomic mass is 9.98. The highest BCUT2D eigenvalue weighted by Crippen LogP contribution is 2.40. The van der Waals surface area contributed by atoms with Crippen molar-refractivity contribution in [1.82, 2.24) is 4.57 Å². The molecule has 1 atom stereocenters. The Morgan fingerprint density at radius 3 is 1.28 bits per heavy atom. The summed E-state index contributed by atoms with van der Waals surface area (Å²) >= 11 is 0. The summed E-state index contributed by atoms with van der Waals surface area (Å²) in [5, 5.41) is 2.47. The highest BCUT2D eigenvalue weighted by atomic mass is 16.5. The lowest BCUT2D eigenvalue weighted by Gasteiger charge is -2.26. The Bertz CT molecular complexity index is 3410. The molecule has 1 aromatic heterocycles. The molecule has 0 spiro atoms. The summed E-state index contributed by atoms with van der Waals surface area (Å²) in [7, 11) is 0. The lowest BCUT2D eigenvalue weighted by molar-refractivity contribution is 0.307. The maximum Gasteiger partial charge on any atom is 0.119 e. The van der Waals surface area contributed by atoms with Crippen molar-refractivity contribution >= 4 is 38.9 Å². The Hall–Kier alpha value is -8.40. The largest absolute Gasteiger partial charge is 0.494 e. The molecule has 1 unspecified atom stereocenters. The summed E-state index contributed by atoms with van der Waals surface area (Å²) in [6.07, 6.45) is 4.29. The number of ether oxygens (including phenoxy) is 1. The van der Waals surface area contributed by atoms with E-state index < -0.39 is 0 Å². The first-order valence-corrected chi connectivity index (χ1v) is 25.2. The molecular weight excluding hydrogens is 861 g/mol. The number of fused-ring (bicyclic) bond motifs is 3. The van der Waals surface area contributed by atoms with Crippen LogP contribution in [0.1, 0.15) is 50.2 Å². The molecule has 71 heavy (non-hydrogen) atoms. The molecule has 0 N–H and O–H groups in total. The number of nitrogens with zero attached hydrogens (tertiary/aromatic N) is 2. The van der Waals surface area contributed by atoms with Crippen LogP contribution in [-0.2, 0) is 6.42 Å². The quantitative estimate of drug-likeness (QED) is 0.0899. The lowest BCUT2D eigenvalue weighted by Crippen LogP contribution is -2.09. The molecule has 0 saturated heterocycles. The van der Waals surface area contributed by atoms with Gasteiger partial charge in [0.15, 0.2) is 0 Å². The van der Waals surface area contributed by atoms with Gasteiger partial charge in [0.25, 0.3) is 0 Å². The topological polar surface area (TPSA) is 17.4 Å². The van der Waals surface area contributed by atoms with Crippen molar-refractivity contribution in [3.05, 3.63) is 260 Å². The highest BCUT2D eigenvalue weighted by molar-refractivity contribution is 6.11. The monoisotopic (exact) mass is 918 g/mol. The molecule has 11 aromatic rings. The fourth-order valence-electron chi connectivity index (χ4n) is 9.97. The third-order valence-corrected chi connectivity index (χ3v) is 14.2. The maximum atomic E-state index is 6.09. The fourth-order valence-corrected chi connectivity index (χ4v) is 9.97.